The Hall–Kier alpha value is -2.42. The van der Waals surface area contributed by atoms with E-state index in [4.69, 9.17) is 0 Å². The zero-order valence-electron chi connectivity index (χ0n) is 12.5. The fourth-order valence-electron chi connectivity index (χ4n) is 2.81. The van der Waals surface area contributed by atoms with Crippen molar-refractivity contribution in [3.05, 3.63) is 36.4 Å². The van der Waals surface area contributed by atoms with Gasteiger partial charge in [0.1, 0.15) is 18.3 Å². The zero-order valence-corrected chi connectivity index (χ0v) is 12.5. The van der Waals surface area contributed by atoms with E-state index in [2.05, 4.69) is 15.4 Å². The van der Waals surface area contributed by atoms with Crippen LogP contribution in [0.5, 0.6) is 0 Å². The third-order valence-corrected chi connectivity index (χ3v) is 4.08. The molecule has 3 rings (SSSR count). The molecule has 1 aromatic heterocycles. The first-order chi connectivity index (χ1) is 11.3. The van der Waals surface area contributed by atoms with Crippen molar-refractivity contribution in [2.75, 3.05) is 5.32 Å². The van der Waals surface area contributed by atoms with Crippen LogP contribution < -0.4 is 5.32 Å². The molecule has 2 N–H and O–H groups in total. The fourth-order valence-corrected chi connectivity index (χ4v) is 2.81. The third kappa shape index (κ3) is 3.12. The van der Waals surface area contributed by atoms with Crippen LogP contribution in [0.25, 0.3) is 5.69 Å². The Balaban J connectivity index is 1.92. The van der Waals surface area contributed by atoms with Crippen molar-refractivity contribution in [3.63, 3.8) is 0 Å². The van der Waals surface area contributed by atoms with Gasteiger partial charge in [-0.3, -0.25) is 4.79 Å². The van der Waals surface area contributed by atoms with Gasteiger partial charge in [0.2, 0.25) is 0 Å². The highest BCUT2D eigenvalue weighted by Gasteiger charge is 2.39. The van der Waals surface area contributed by atoms with Gasteiger partial charge < -0.3 is 10.4 Å². The summed E-state index contributed by atoms with van der Waals surface area (Å²) in [7, 11) is 0. The van der Waals surface area contributed by atoms with Crippen LogP contribution in [-0.2, 0) is 11.0 Å². The van der Waals surface area contributed by atoms with Gasteiger partial charge in [-0.05, 0) is 43.9 Å². The molecule has 128 valence electrons. The molecule has 2 aromatic rings. The fraction of sp³-hybridized carbons (Fsp3) is 0.400. The molecule has 1 aromatic carbocycles. The van der Waals surface area contributed by atoms with Gasteiger partial charge in [0, 0.05) is 5.69 Å². The second-order valence-electron chi connectivity index (χ2n) is 5.76. The molecule has 0 spiro atoms. The van der Waals surface area contributed by atoms with Crippen molar-refractivity contribution in [2.45, 2.75) is 37.5 Å². The molecule has 1 saturated carbocycles. The summed E-state index contributed by atoms with van der Waals surface area (Å²) >= 11 is 0. The Labute approximate surface area is 135 Å². The molecule has 0 radical (unpaired) electrons. The Morgan fingerprint density at radius 2 is 2.00 bits per heavy atom. The number of benzene rings is 1. The third-order valence-electron chi connectivity index (χ3n) is 4.08. The Kier molecular flexibility index (Phi) is 4.04. The molecule has 1 fully saturated rings. The van der Waals surface area contributed by atoms with E-state index in [-0.39, 0.29) is 11.4 Å². The summed E-state index contributed by atoms with van der Waals surface area (Å²) in [5.41, 5.74) is -2.69. The average molecular weight is 340 g/mol. The highest BCUT2D eigenvalue weighted by molar-refractivity contribution is 5.97. The number of aromatic nitrogens is 3. The largest absolute Gasteiger partial charge is 0.418 e. The summed E-state index contributed by atoms with van der Waals surface area (Å²) in [6, 6.07) is 3.36. The molecule has 0 aliphatic heterocycles. The van der Waals surface area contributed by atoms with Gasteiger partial charge in [0.05, 0.1) is 11.3 Å². The van der Waals surface area contributed by atoms with Crippen LogP contribution in [0.15, 0.2) is 30.9 Å². The van der Waals surface area contributed by atoms with Crippen molar-refractivity contribution in [3.8, 4) is 5.69 Å². The zero-order chi connectivity index (χ0) is 17.4. The number of rotatable bonds is 3. The number of amides is 1. The lowest BCUT2D eigenvalue weighted by Gasteiger charge is -2.21. The van der Waals surface area contributed by atoms with Crippen LogP contribution in [0.3, 0.4) is 0 Å². The summed E-state index contributed by atoms with van der Waals surface area (Å²) in [4.78, 5) is 15.8. The SMILES string of the molecule is O=C(Nc1ccc(-n2cncn2)c(C(F)(F)F)c1)C1(O)CCCC1. The second kappa shape index (κ2) is 5.90. The normalized spacial score (nSPS) is 17.0. The van der Waals surface area contributed by atoms with Gasteiger partial charge in [-0.1, -0.05) is 0 Å². The first-order valence-corrected chi connectivity index (χ1v) is 7.40. The minimum Gasteiger partial charge on any atom is -0.380 e. The number of nitrogens with one attached hydrogen (secondary N) is 1. The van der Waals surface area contributed by atoms with Crippen LogP contribution in [0.4, 0.5) is 18.9 Å². The summed E-state index contributed by atoms with van der Waals surface area (Å²) in [6.45, 7) is 0. The van der Waals surface area contributed by atoms with Crippen molar-refractivity contribution in [1.82, 2.24) is 14.8 Å². The molecule has 1 heterocycles. The molecular formula is C15H15F3N4O2. The van der Waals surface area contributed by atoms with E-state index >= 15 is 0 Å². The Morgan fingerprint density at radius 1 is 1.29 bits per heavy atom. The smallest absolute Gasteiger partial charge is 0.380 e. The summed E-state index contributed by atoms with van der Waals surface area (Å²) in [5, 5.41) is 16.3. The molecular weight excluding hydrogens is 325 g/mol. The maximum absolute atomic E-state index is 13.3. The van der Waals surface area contributed by atoms with Crippen molar-refractivity contribution >= 4 is 11.6 Å². The van der Waals surface area contributed by atoms with E-state index in [0.717, 1.165) is 23.4 Å². The first kappa shape index (κ1) is 16.4. The molecule has 1 aliphatic carbocycles. The van der Waals surface area contributed by atoms with E-state index in [1.54, 1.807) is 0 Å². The number of carbonyl (C=O) groups is 1. The molecule has 1 aliphatic rings. The van der Waals surface area contributed by atoms with Gasteiger partial charge >= 0.3 is 6.18 Å². The molecule has 0 atom stereocenters. The summed E-state index contributed by atoms with van der Waals surface area (Å²) < 4.78 is 40.9. The molecule has 1 amide bonds. The van der Waals surface area contributed by atoms with Crippen molar-refractivity contribution in [1.29, 1.82) is 0 Å². The Morgan fingerprint density at radius 3 is 2.58 bits per heavy atom. The lowest BCUT2D eigenvalue weighted by molar-refractivity contribution is -0.137. The number of halogens is 3. The average Bonchev–Trinajstić information content (AvgIpc) is 3.18. The standard InChI is InChI=1S/C15H15F3N4O2/c16-15(17,18)11-7-10(3-4-12(11)22-9-19-8-20-22)21-13(23)14(24)5-1-2-6-14/h3-4,7-9,24H,1-2,5-6H2,(H,21,23). The lowest BCUT2D eigenvalue weighted by atomic mass is 10.0. The topological polar surface area (TPSA) is 80.0 Å². The van der Waals surface area contributed by atoms with E-state index in [0.29, 0.717) is 25.7 Å². The van der Waals surface area contributed by atoms with Gasteiger partial charge in [-0.2, -0.15) is 18.3 Å². The van der Waals surface area contributed by atoms with E-state index in [1.807, 2.05) is 0 Å². The number of hydrogen-bond acceptors (Lipinski definition) is 4. The molecule has 9 heteroatoms. The predicted octanol–water partition coefficient (Wildman–Crippen LogP) is 2.53. The van der Waals surface area contributed by atoms with Crippen LogP contribution in [0, 0.1) is 0 Å². The maximum Gasteiger partial charge on any atom is 0.418 e. The number of alkyl halides is 3. The number of carbonyl (C=O) groups excluding carboxylic acids is 1. The molecule has 0 bridgehead atoms. The molecule has 0 unspecified atom stereocenters. The van der Waals surface area contributed by atoms with Crippen molar-refractivity contribution < 1.29 is 23.1 Å². The summed E-state index contributed by atoms with van der Waals surface area (Å²) in [6.07, 6.45) is -0.308. The number of nitrogens with zero attached hydrogens (tertiary/aromatic N) is 3. The van der Waals surface area contributed by atoms with Crippen molar-refractivity contribution in [2.24, 2.45) is 0 Å². The highest BCUT2D eigenvalue weighted by Crippen LogP contribution is 2.36. The maximum atomic E-state index is 13.3. The van der Waals surface area contributed by atoms with Crippen LogP contribution in [-0.4, -0.2) is 31.4 Å². The predicted molar refractivity (Wildman–Crippen MR) is 78.4 cm³/mol. The van der Waals surface area contributed by atoms with E-state index in [9.17, 15) is 23.1 Å². The van der Waals surface area contributed by atoms with Crippen LogP contribution >= 0.6 is 0 Å². The second-order valence-corrected chi connectivity index (χ2v) is 5.76. The van der Waals surface area contributed by atoms with E-state index in [1.165, 1.54) is 12.1 Å². The number of hydrogen-bond donors (Lipinski definition) is 2. The van der Waals surface area contributed by atoms with Crippen LogP contribution in [0.1, 0.15) is 31.2 Å². The Bertz CT molecular complexity index is 738. The minimum absolute atomic E-state index is 0.0310. The molecule has 6 nitrogen and oxygen atoms in total. The lowest BCUT2D eigenvalue weighted by Crippen LogP contribution is -2.40. The molecule has 0 saturated heterocycles. The van der Waals surface area contributed by atoms with Gasteiger partial charge in [-0.25, -0.2) is 9.67 Å². The van der Waals surface area contributed by atoms with Crippen LogP contribution in [0.2, 0.25) is 0 Å². The number of aliphatic hydroxyl groups is 1. The molecule has 24 heavy (non-hydrogen) atoms. The highest BCUT2D eigenvalue weighted by atomic mass is 19.4. The summed E-state index contributed by atoms with van der Waals surface area (Å²) in [5.74, 6) is -0.679. The van der Waals surface area contributed by atoms with E-state index < -0.39 is 23.2 Å². The monoisotopic (exact) mass is 340 g/mol. The van der Waals surface area contributed by atoms with Gasteiger partial charge in [0.15, 0.2) is 0 Å². The first-order valence-electron chi connectivity index (χ1n) is 7.40. The quantitative estimate of drug-likeness (QED) is 0.900. The van der Waals surface area contributed by atoms with Gasteiger partial charge in [0.25, 0.3) is 5.91 Å². The number of anilines is 1. The van der Waals surface area contributed by atoms with Gasteiger partial charge in [-0.15, -0.1) is 0 Å². The minimum atomic E-state index is -4.63.